The average Bonchev–Trinajstić information content (AvgIpc) is 2.24. The highest BCUT2D eigenvalue weighted by atomic mass is 19.1. The largest absolute Gasteiger partial charge is 0.385 e. The van der Waals surface area contributed by atoms with E-state index in [0.29, 0.717) is 12.2 Å². The van der Waals surface area contributed by atoms with Crippen LogP contribution in [0.5, 0.6) is 0 Å². The maximum Gasteiger partial charge on any atom is 0.134 e. The minimum atomic E-state index is -1.29. The van der Waals surface area contributed by atoms with E-state index in [9.17, 15) is 13.9 Å². The van der Waals surface area contributed by atoms with Gasteiger partial charge in [-0.05, 0) is 32.4 Å². The second-order valence-corrected chi connectivity index (χ2v) is 3.70. The lowest BCUT2D eigenvalue weighted by atomic mass is 10.0. The van der Waals surface area contributed by atoms with E-state index in [1.165, 1.54) is 13.0 Å². The fraction of sp³-hybridized carbons (Fsp3) is 0.500. The predicted molar refractivity (Wildman–Crippen MR) is 57.1 cm³/mol. The summed E-state index contributed by atoms with van der Waals surface area (Å²) < 4.78 is 32.2. The molecule has 0 aliphatic carbocycles. The van der Waals surface area contributed by atoms with Crippen LogP contribution in [0.15, 0.2) is 12.1 Å². The molecule has 2 nitrogen and oxygen atoms in total. The zero-order valence-corrected chi connectivity index (χ0v) is 9.63. The van der Waals surface area contributed by atoms with Crippen LogP contribution in [0.4, 0.5) is 8.78 Å². The van der Waals surface area contributed by atoms with Crippen molar-refractivity contribution >= 4 is 0 Å². The monoisotopic (exact) mass is 230 g/mol. The lowest BCUT2D eigenvalue weighted by Crippen LogP contribution is -2.21. The summed E-state index contributed by atoms with van der Waals surface area (Å²) in [6.45, 7) is 5.24. The van der Waals surface area contributed by atoms with Gasteiger partial charge < -0.3 is 9.84 Å². The number of rotatable bonds is 4. The highest BCUT2D eigenvalue weighted by molar-refractivity contribution is 5.28. The second kappa shape index (κ2) is 5.37. The molecule has 0 saturated carbocycles. The number of aryl methyl sites for hydroxylation is 1. The van der Waals surface area contributed by atoms with Gasteiger partial charge in [-0.1, -0.05) is 6.07 Å². The number of hydrogen-bond donors (Lipinski definition) is 1. The van der Waals surface area contributed by atoms with Crippen LogP contribution in [0, 0.1) is 18.6 Å². The molecule has 1 rings (SSSR count). The van der Waals surface area contributed by atoms with Gasteiger partial charge in [0.1, 0.15) is 17.7 Å². The molecule has 0 bridgehead atoms. The van der Waals surface area contributed by atoms with Crippen LogP contribution >= 0.6 is 0 Å². The Kier molecular flexibility index (Phi) is 4.38. The van der Waals surface area contributed by atoms with Crippen molar-refractivity contribution in [2.24, 2.45) is 0 Å². The maximum atomic E-state index is 13.7. The van der Waals surface area contributed by atoms with Crippen LogP contribution in [0.25, 0.3) is 0 Å². The van der Waals surface area contributed by atoms with Gasteiger partial charge >= 0.3 is 0 Å². The van der Waals surface area contributed by atoms with Crippen molar-refractivity contribution in [1.29, 1.82) is 0 Å². The number of halogens is 2. The number of ether oxygens (including phenoxy) is 1. The van der Waals surface area contributed by atoms with E-state index in [1.807, 2.05) is 0 Å². The minimum Gasteiger partial charge on any atom is -0.385 e. The smallest absolute Gasteiger partial charge is 0.134 e. The van der Waals surface area contributed by atoms with Gasteiger partial charge in [0.2, 0.25) is 0 Å². The molecule has 2 unspecified atom stereocenters. The molecule has 0 heterocycles. The van der Waals surface area contributed by atoms with Gasteiger partial charge in [0.15, 0.2) is 0 Å². The van der Waals surface area contributed by atoms with E-state index < -0.39 is 23.8 Å². The van der Waals surface area contributed by atoms with E-state index in [4.69, 9.17) is 4.74 Å². The molecule has 0 fully saturated rings. The van der Waals surface area contributed by atoms with Gasteiger partial charge in [-0.2, -0.15) is 0 Å². The third-order valence-corrected chi connectivity index (χ3v) is 2.49. The van der Waals surface area contributed by atoms with Crippen molar-refractivity contribution in [1.82, 2.24) is 0 Å². The Bertz CT molecular complexity index is 366. The summed E-state index contributed by atoms with van der Waals surface area (Å²) >= 11 is 0. The van der Waals surface area contributed by atoms with Crippen molar-refractivity contribution in [3.8, 4) is 0 Å². The molecule has 90 valence electrons. The quantitative estimate of drug-likeness (QED) is 0.861. The van der Waals surface area contributed by atoms with Gasteiger partial charge in [-0.3, -0.25) is 0 Å². The summed E-state index contributed by atoms with van der Waals surface area (Å²) in [5.74, 6) is -1.46. The Morgan fingerprint density at radius 2 is 2.00 bits per heavy atom. The SMILES string of the molecule is CCOC(C)C(O)c1c(F)ccc(C)c1F. The first kappa shape index (κ1) is 13.1. The predicted octanol–water partition coefficient (Wildman–Crippen LogP) is 2.73. The van der Waals surface area contributed by atoms with Crippen molar-refractivity contribution in [3.63, 3.8) is 0 Å². The van der Waals surface area contributed by atoms with Gasteiger partial charge in [0.25, 0.3) is 0 Å². The summed E-state index contributed by atoms with van der Waals surface area (Å²) in [6.07, 6.45) is -1.93. The molecule has 4 heteroatoms. The third-order valence-electron chi connectivity index (χ3n) is 2.49. The maximum absolute atomic E-state index is 13.7. The van der Waals surface area contributed by atoms with E-state index in [-0.39, 0.29) is 5.56 Å². The summed E-state index contributed by atoms with van der Waals surface area (Å²) in [6, 6.07) is 2.49. The standard InChI is InChI=1S/C12H16F2O2/c1-4-16-8(3)12(15)10-9(13)6-5-7(2)11(10)14/h5-6,8,12,15H,4H2,1-3H3. The summed E-state index contributed by atoms with van der Waals surface area (Å²) in [7, 11) is 0. The van der Waals surface area contributed by atoms with Gasteiger partial charge in [-0.25, -0.2) is 8.78 Å². The molecule has 0 aromatic heterocycles. The van der Waals surface area contributed by atoms with E-state index in [0.717, 1.165) is 6.07 Å². The summed E-state index contributed by atoms with van der Waals surface area (Å²) in [4.78, 5) is 0. The molecule has 0 aliphatic rings. The minimum absolute atomic E-state index is 0.305. The van der Waals surface area contributed by atoms with Crippen LogP contribution in [-0.4, -0.2) is 17.8 Å². The van der Waals surface area contributed by atoms with Crippen molar-refractivity contribution < 1.29 is 18.6 Å². The molecular formula is C12H16F2O2. The van der Waals surface area contributed by atoms with Gasteiger partial charge in [-0.15, -0.1) is 0 Å². The first-order chi connectivity index (χ1) is 7.49. The van der Waals surface area contributed by atoms with Crippen molar-refractivity contribution in [2.45, 2.75) is 33.0 Å². The Labute approximate surface area is 93.9 Å². The van der Waals surface area contributed by atoms with Crippen LogP contribution in [0.2, 0.25) is 0 Å². The van der Waals surface area contributed by atoms with Crippen LogP contribution in [0.1, 0.15) is 31.1 Å². The first-order valence-electron chi connectivity index (χ1n) is 5.23. The molecule has 1 aromatic rings. The molecule has 2 atom stereocenters. The van der Waals surface area contributed by atoms with E-state index >= 15 is 0 Å². The van der Waals surface area contributed by atoms with Crippen LogP contribution in [-0.2, 0) is 4.74 Å². The Balaban J connectivity index is 3.07. The fourth-order valence-electron chi connectivity index (χ4n) is 1.54. The molecule has 0 amide bonds. The number of benzene rings is 1. The van der Waals surface area contributed by atoms with E-state index in [1.54, 1.807) is 13.8 Å². The highest BCUT2D eigenvalue weighted by Gasteiger charge is 2.24. The molecule has 1 N–H and O–H groups in total. The van der Waals surface area contributed by atoms with Gasteiger partial charge in [0, 0.05) is 6.61 Å². The molecule has 0 spiro atoms. The second-order valence-electron chi connectivity index (χ2n) is 3.70. The summed E-state index contributed by atoms with van der Waals surface area (Å²) in [5, 5.41) is 9.80. The Morgan fingerprint density at radius 3 is 2.56 bits per heavy atom. The fourth-order valence-corrected chi connectivity index (χ4v) is 1.54. The topological polar surface area (TPSA) is 29.5 Å². The first-order valence-corrected chi connectivity index (χ1v) is 5.23. The number of hydrogen-bond acceptors (Lipinski definition) is 2. The molecule has 16 heavy (non-hydrogen) atoms. The lowest BCUT2D eigenvalue weighted by Gasteiger charge is -2.20. The average molecular weight is 230 g/mol. The zero-order valence-electron chi connectivity index (χ0n) is 9.63. The summed E-state index contributed by atoms with van der Waals surface area (Å²) in [5.41, 5.74) is -0.0138. The molecular weight excluding hydrogens is 214 g/mol. The van der Waals surface area contributed by atoms with Gasteiger partial charge in [0.05, 0.1) is 11.7 Å². The molecule has 0 radical (unpaired) electrons. The highest BCUT2D eigenvalue weighted by Crippen LogP contribution is 2.26. The number of aliphatic hydroxyl groups is 1. The zero-order chi connectivity index (χ0) is 12.3. The lowest BCUT2D eigenvalue weighted by molar-refractivity contribution is -0.0258. The molecule has 0 saturated heterocycles. The normalized spacial score (nSPS) is 14.9. The Morgan fingerprint density at radius 1 is 1.38 bits per heavy atom. The number of aliphatic hydroxyl groups excluding tert-OH is 1. The van der Waals surface area contributed by atoms with Crippen molar-refractivity contribution in [2.75, 3.05) is 6.61 Å². The Hall–Kier alpha value is -1.00. The van der Waals surface area contributed by atoms with Crippen LogP contribution < -0.4 is 0 Å². The molecule has 1 aromatic carbocycles. The third kappa shape index (κ3) is 2.57. The van der Waals surface area contributed by atoms with E-state index in [2.05, 4.69) is 0 Å². The van der Waals surface area contributed by atoms with Crippen LogP contribution in [0.3, 0.4) is 0 Å². The van der Waals surface area contributed by atoms with Crippen molar-refractivity contribution in [3.05, 3.63) is 34.9 Å². The molecule has 0 aliphatic heterocycles.